The van der Waals surface area contributed by atoms with E-state index in [4.69, 9.17) is 0 Å². The molecule has 2 atom stereocenters. The van der Waals surface area contributed by atoms with Crippen molar-refractivity contribution >= 4 is 6.29 Å². The molecular formula is C12H22O. The molecule has 0 aromatic heterocycles. The van der Waals surface area contributed by atoms with E-state index in [1.54, 1.807) is 0 Å². The number of rotatable bonds is 7. The molecule has 0 aliphatic carbocycles. The van der Waals surface area contributed by atoms with Crippen LogP contribution in [0.2, 0.25) is 0 Å². The Hall–Kier alpha value is -0.590. The van der Waals surface area contributed by atoms with Gasteiger partial charge < -0.3 is 4.79 Å². The zero-order chi connectivity index (χ0) is 10.1. The van der Waals surface area contributed by atoms with E-state index in [1.165, 1.54) is 6.42 Å². The maximum absolute atomic E-state index is 10.3. The first-order valence-corrected chi connectivity index (χ1v) is 5.34. The highest BCUT2D eigenvalue weighted by Gasteiger charge is 2.07. The average molecular weight is 182 g/mol. The largest absolute Gasteiger partial charge is 0.303 e. The lowest BCUT2D eigenvalue weighted by Crippen LogP contribution is -2.03. The van der Waals surface area contributed by atoms with E-state index >= 15 is 0 Å². The van der Waals surface area contributed by atoms with Crippen molar-refractivity contribution in [2.45, 2.75) is 46.5 Å². The van der Waals surface area contributed by atoms with E-state index in [9.17, 15) is 4.79 Å². The SMILES string of the molecule is CC/C=C/[C@H](CC)C[C@H](C)CC=O. The summed E-state index contributed by atoms with van der Waals surface area (Å²) in [4.78, 5) is 10.3. The Kier molecular flexibility index (Phi) is 7.66. The second kappa shape index (κ2) is 8.03. The van der Waals surface area contributed by atoms with Crippen LogP contribution in [0.3, 0.4) is 0 Å². The number of aldehydes is 1. The Labute approximate surface area is 82.2 Å². The number of hydrogen-bond donors (Lipinski definition) is 0. The lowest BCUT2D eigenvalue weighted by atomic mass is 9.91. The zero-order valence-corrected chi connectivity index (χ0v) is 9.12. The van der Waals surface area contributed by atoms with Gasteiger partial charge in [-0.15, -0.1) is 0 Å². The molecule has 1 heteroatoms. The summed E-state index contributed by atoms with van der Waals surface area (Å²) in [7, 11) is 0. The molecule has 0 unspecified atom stereocenters. The van der Waals surface area contributed by atoms with Crippen molar-refractivity contribution in [1.29, 1.82) is 0 Å². The predicted molar refractivity (Wildman–Crippen MR) is 57.7 cm³/mol. The molecule has 0 aliphatic heterocycles. The molecule has 13 heavy (non-hydrogen) atoms. The number of carbonyl (C=O) groups is 1. The minimum Gasteiger partial charge on any atom is -0.303 e. The topological polar surface area (TPSA) is 17.1 Å². The summed E-state index contributed by atoms with van der Waals surface area (Å²) in [6, 6.07) is 0. The van der Waals surface area contributed by atoms with Gasteiger partial charge in [-0.3, -0.25) is 0 Å². The van der Waals surface area contributed by atoms with Crippen LogP contribution in [0.15, 0.2) is 12.2 Å². The summed E-state index contributed by atoms with van der Waals surface area (Å²) in [5, 5.41) is 0. The van der Waals surface area contributed by atoms with Gasteiger partial charge in [0, 0.05) is 6.42 Å². The fraction of sp³-hybridized carbons (Fsp3) is 0.750. The summed E-state index contributed by atoms with van der Waals surface area (Å²) in [6.45, 7) is 6.51. The summed E-state index contributed by atoms with van der Waals surface area (Å²) >= 11 is 0. The molecule has 0 heterocycles. The summed E-state index contributed by atoms with van der Waals surface area (Å²) in [5.74, 6) is 1.19. The molecule has 0 saturated heterocycles. The minimum absolute atomic E-state index is 0.531. The minimum atomic E-state index is 0.531. The van der Waals surface area contributed by atoms with Crippen molar-refractivity contribution in [3.05, 3.63) is 12.2 Å². The Morgan fingerprint density at radius 1 is 1.31 bits per heavy atom. The van der Waals surface area contributed by atoms with E-state index in [1.807, 2.05) is 0 Å². The van der Waals surface area contributed by atoms with Crippen LogP contribution in [0.5, 0.6) is 0 Å². The van der Waals surface area contributed by atoms with Gasteiger partial charge in [0.25, 0.3) is 0 Å². The van der Waals surface area contributed by atoms with Gasteiger partial charge in [0.05, 0.1) is 0 Å². The molecular weight excluding hydrogens is 160 g/mol. The number of hydrogen-bond acceptors (Lipinski definition) is 1. The van der Waals surface area contributed by atoms with Crippen LogP contribution in [0, 0.1) is 11.8 Å². The van der Waals surface area contributed by atoms with E-state index in [0.29, 0.717) is 18.3 Å². The quantitative estimate of drug-likeness (QED) is 0.434. The van der Waals surface area contributed by atoms with E-state index in [2.05, 4.69) is 32.9 Å². The molecule has 0 rings (SSSR count). The van der Waals surface area contributed by atoms with E-state index in [-0.39, 0.29) is 0 Å². The van der Waals surface area contributed by atoms with Crippen molar-refractivity contribution in [1.82, 2.24) is 0 Å². The van der Waals surface area contributed by atoms with Crippen molar-refractivity contribution in [2.75, 3.05) is 0 Å². The Morgan fingerprint density at radius 2 is 2.00 bits per heavy atom. The third kappa shape index (κ3) is 6.56. The average Bonchev–Trinajstić information content (AvgIpc) is 2.12. The van der Waals surface area contributed by atoms with Gasteiger partial charge in [-0.2, -0.15) is 0 Å². The van der Waals surface area contributed by atoms with Gasteiger partial charge in [0.15, 0.2) is 0 Å². The molecule has 0 fully saturated rings. The third-order valence-electron chi connectivity index (χ3n) is 2.37. The monoisotopic (exact) mass is 182 g/mol. The fourth-order valence-electron chi connectivity index (χ4n) is 1.49. The Bertz CT molecular complexity index is 149. The molecule has 0 spiro atoms. The summed E-state index contributed by atoms with van der Waals surface area (Å²) < 4.78 is 0. The van der Waals surface area contributed by atoms with Crippen LogP contribution in [0.1, 0.15) is 46.5 Å². The van der Waals surface area contributed by atoms with Gasteiger partial charge in [-0.05, 0) is 31.1 Å². The molecule has 0 amide bonds. The molecule has 0 bridgehead atoms. The first kappa shape index (κ1) is 12.4. The van der Waals surface area contributed by atoms with E-state index < -0.39 is 0 Å². The predicted octanol–water partition coefficient (Wildman–Crippen LogP) is 3.59. The van der Waals surface area contributed by atoms with Crippen LogP contribution in [-0.4, -0.2) is 6.29 Å². The molecule has 0 saturated carbocycles. The second-order valence-corrected chi connectivity index (χ2v) is 3.75. The second-order valence-electron chi connectivity index (χ2n) is 3.75. The lowest BCUT2D eigenvalue weighted by Gasteiger charge is -2.14. The van der Waals surface area contributed by atoms with Crippen molar-refractivity contribution in [3.63, 3.8) is 0 Å². The van der Waals surface area contributed by atoms with E-state index in [0.717, 1.165) is 19.1 Å². The highest BCUT2D eigenvalue weighted by molar-refractivity contribution is 5.49. The smallest absolute Gasteiger partial charge is 0.120 e. The lowest BCUT2D eigenvalue weighted by molar-refractivity contribution is -0.108. The molecule has 0 aliphatic rings. The highest BCUT2D eigenvalue weighted by Crippen LogP contribution is 2.18. The molecule has 0 radical (unpaired) electrons. The van der Waals surface area contributed by atoms with Crippen molar-refractivity contribution < 1.29 is 4.79 Å². The van der Waals surface area contributed by atoms with Gasteiger partial charge >= 0.3 is 0 Å². The first-order chi connectivity index (χ1) is 6.24. The van der Waals surface area contributed by atoms with Gasteiger partial charge in [0.1, 0.15) is 6.29 Å². The van der Waals surface area contributed by atoms with Crippen LogP contribution in [-0.2, 0) is 4.79 Å². The van der Waals surface area contributed by atoms with Crippen molar-refractivity contribution in [2.24, 2.45) is 11.8 Å². The zero-order valence-electron chi connectivity index (χ0n) is 9.12. The Balaban J connectivity index is 3.81. The molecule has 76 valence electrons. The molecule has 0 aromatic carbocycles. The van der Waals surface area contributed by atoms with Crippen LogP contribution >= 0.6 is 0 Å². The van der Waals surface area contributed by atoms with Gasteiger partial charge in [-0.25, -0.2) is 0 Å². The first-order valence-electron chi connectivity index (χ1n) is 5.34. The van der Waals surface area contributed by atoms with Gasteiger partial charge in [-0.1, -0.05) is 32.9 Å². The van der Waals surface area contributed by atoms with Crippen LogP contribution < -0.4 is 0 Å². The standard InChI is InChI=1S/C12H22O/c1-4-6-7-12(5-2)10-11(3)8-9-13/h6-7,9,11-12H,4-5,8,10H2,1-3H3/b7-6+/t11-,12+/m1/s1. The summed E-state index contributed by atoms with van der Waals surface area (Å²) in [6.07, 6.45) is 9.69. The highest BCUT2D eigenvalue weighted by atomic mass is 16.1. The summed E-state index contributed by atoms with van der Waals surface area (Å²) in [5.41, 5.74) is 0. The maximum Gasteiger partial charge on any atom is 0.120 e. The molecule has 0 aromatic rings. The third-order valence-corrected chi connectivity index (χ3v) is 2.37. The maximum atomic E-state index is 10.3. The fourth-order valence-corrected chi connectivity index (χ4v) is 1.49. The number of allylic oxidation sites excluding steroid dienone is 2. The molecule has 1 nitrogen and oxygen atoms in total. The van der Waals surface area contributed by atoms with Gasteiger partial charge in [0.2, 0.25) is 0 Å². The van der Waals surface area contributed by atoms with Crippen LogP contribution in [0.25, 0.3) is 0 Å². The van der Waals surface area contributed by atoms with Crippen LogP contribution in [0.4, 0.5) is 0 Å². The normalized spacial score (nSPS) is 15.9. The Morgan fingerprint density at radius 3 is 2.46 bits per heavy atom. The van der Waals surface area contributed by atoms with Crippen molar-refractivity contribution in [3.8, 4) is 0 Å². The molecule has 0 N–H and O–H groups in total. The number of carbonyl (C=O) groups excluding carboxylic acids is 1.